The Kier molecular flexibility index (Phi) is 3.52. The Morgan fingerprint density at radius 2 is 2.22 bits per heavy atom. The van der Waals surface area contributed by atoms with Crippen molar-refractivity contribution in [2.45, 2.75) is 27.2 Å². The van der Waals surface area contributed by atoms with E-state index in [9.17, 15) is 9.59 Å². The molecule has 5 heteroatoms. The lowest BCUT2D eigenvalue weighted by Gasteiger charge is -2.01. The van der Waals surface area contributed by atoms with Crippen LogP contribution in [0, 0.1) is 6.92 Å². The maximum Gasteiger partial charge on any atom is 0.340 e. The van der Waals surface area contributed by atoms with Gasteiger partial charge in [-0.2, -0.15) is 0 Å². The zero-order valence-electron chi connectivity index (χ0n) is 10.6. The summed E-state index contributed by atoms with van der Waals surface area (Å²) in [5, 5.41) is 0. The molecule has 2 heterocycles. The molecule has 0 fully saturated rings. The zero-order chi connectivity index (χ0) is 13.3. The number of ether oxygens (including phenoxy) is 1. The number of fused-ring (bicyclic) bond motifs is 1. The van der Waals surface area contributed by atoms with Crippen molar-refractivity contribution in [3.63, 3.8) is 0 Å². The monoisotopic (exact) mass is 265 g/mol. The summed E-state index contributed by atoms with van der Waals surface area (Å²) in [5.41, 5.74) is 1.60. The normalized spacial score (nSPS) is 10.8. The van der Waals surface area contributed by atoms with Crippen molar-refractivity contribution in [2.75, 3.05) is 6.61 Å². The van der Waals surface area contributed by atoms with Gasteiger partial charge >= 0.3 is 5.97 Å². The highest BCUT2D eigenvalue weighted by molar-refractivity contribution is 7.17. The lowest BCUT2D eigenvalue weighted by atomic mass is 10.2. The van der Waals surface area contributed by atoms with Gasteiger partial charge in [0.1, 0.15) is 10.5 Å². The molecule has 2 rings (SSSR count). The van der Waals surface area contributed by atoms with Gasteiger partial charge in [0.15, 0.2) is 6.29 Å². The SMILES string of the molecule is CCOC(=O)c1c(C)c2sc(CC)cn2c1C=O. The fraction of sp³-hybridized carbons (Fsp3) is 0.385. The van der Waals surface area contributed by atoms with E-state index in [4.69, 9.17) is 4.74 Å². The number of carbonyl (C=O) groups is 2. The molecule has 96 valence electrons. The van der Waals surface area contributed by atoms with Gasteiger partial charge in [0.05, 0.1) is 12.2 Å². The standard InChI is InChI=1S/C13H15NO3S/c1-4-9-6-14-10(7-15)11(13(16)17-5-2)8(3)12(14)18-9/h6-7H,4-5H2,1-3H3. The van der Waals surface area contributed by atoms with Crippen LogP contribution in [0.1, 0.15) is 45.1 Å². The summed E-state index contributed by atoms with van der Waals surface area (Å²) >= 11 is 1.61. The summed E-state index contributed by atoms with van der Waals surface area (Å²) in [4.78, 5) is 25.2. The third-order valence-corrected chi connectivity index (χ3v) is 4.22. The highest BCUT2D eigenvalue weighted by Gasteiger charge is 2.23. The molecule has 4 nitrogen and oxygen atoms in total. The molecular weight excluding hydrogens is 250 g/mol. The van der Waals surface area contributed by atoms with Crippen molar-refractivity contribution in [3.05, 3.63) is 27.9 Å². The van der Waals surface area contributed by atoms with Crippen LogP contribution in [-0.4, -0.2) is 23.3 Å². The smallest absolute Gasteiger partial charge is 0.340 e. The number of aromatic nitrogens is 1. The van der Waals surface area contributed by atoms with Gasteiger partial charge in [0.25, 0.3) is 0 Å². The van der Waals surface area contributed by atoms with Crippen molar-refractivity contribution in [1.82, 2.24) is 4.40 Å². The number of nitrogens with zero attached hydrogens (tertiary/aromatic N) is 1. The van der Waals surface area contributed by atoms with Crippen molar-refractivity contribution < 1.29 is 14.3 Å². The van der Waals surface area contributed by atoms with Gasteiger partial charge in [-0.05, 0) is 20.3 Å². The summed E-state index contributed by atoms with van der Waals surface area (Å²) < 4.78 is 6.79. The third kappa shape index (κ3) is 1.84. The van der Waals surface area contributed by atoms with Gasteiger partial charge < -0.3 is 9.14 Å². The molecule has 0 atom stereocenters. The van der Waals surface area contributed by atoms with E-state index in [1.165, 1.54) is 4.88 Å². The van der Waals surface area contributed by atoms with Crippen LogP contribution >= 0.6 is 11.3 Å². The predicted molar refractivity (Wildman–Crippen MR) is 70.7 cm³/mol. The summed E-state index contributed by atoms with van der Waals surface area (Å²) in [7, 11) is 0. The van der Waals surface area contributed by atoms with E-state index >= 15 is 0 Å². The fourth-order valence-electron chi connectivity index (χ4n) is 2.00. The van der Waals surface area contributed by atoms with Crippen molar-refractivity contribution in [1.29, 1.82) is 0 Å². The highest BCUT2D eigenvalue weighted by Crippen LogP contribution is 2.29. The van der Waals surface area contributed by atoms with E-state index in [1.807, 2.05) is 13.1 Å². The van der Waals surface area contributed by atoms with E-state index < -0.39 is 5.97 Å². The average molecular weight is 265 g/mol. The maximum atomic E-state index is 11.9. The van der Waals surface area contributed by atoms with Gasteiger partial charge in [0.2, 0.25) is 0 Å². The molecule has 0 N–H and O–H groups in total. The van der Waals surface area contributed by atoms with Crippen LogP contribution in [0.4, 0.5) is 0 Å². The number of thiazole rings is 1. The van der Waals surface area contributed by atoms with E-state index in [0.29, 0.717) is 17.9 Å². The quantitative estimate of drug-likeness (QED) is 0.631. The maximum absolute atomic E-state index is 11.9. The largest absolute Gasteiger partial charge is 0.462 e. The van der Waals surface area contributed by atoms with Crippen molar-refractivity contribution in [2.24, 2.45) is 0 Å². The Balaban J connectivity index is 2.66. The first-order valence-corrected chi connectivity index (χ1v) is 6.71. The molecule has 0 aromatic carbocycles. The van der Waals surface area contributed by atoms with Crippen LogP contribution < -0.4 is 0 Å². The van der Waals surface area contributed by atoms with Gasteiger partial charge in [-0.1, -0.05) is 6.92 Å². The molecule has 2 aromatic heterocycles. The Morgan fingerprint density at radius 3 is 2.78 bits per heavy atom. The number of rotatable bonds is 4. The number of hydrogen-bond donors (Lipinski definition) is 0. The summed E-state index contributed by atoms with van der Waals surface area (Å²) in [5.74, 6) is -0.425. The average Bonchev–Trinajstić information content (AvgIpc) is 2.88. The molecule has 2 aromatic rings. The molecule has 0 bridgehead atoms. The zero-order valence-corrected chi connectivity index (χ0v) is 11.5. The molecule has 0 spiro atoms. The molecule has 0 aliphatic carbocycles. The lowest BCUT2D eigenvalue weighted by Crippen LogP contribution is -2.08. The second-order valence-corrected chi connectivity index (χ2v) is 5.06. The highest BCUT2D eigenvalue weighted by atomic mass is 32.1. The first kappa shape index (κ1) is 12.8. The van der Waals surface area contributed by atoms with Crippen molar-refractivity contribution in [3.8, 4) is 0 Å². The summed E-state index contributed by atoms with van der Waals surface area (Å²) in [6, 6.07) is 0. The Labute approximate surface area is 109 Å². The Bertz CT molecular complexity index is 609. The molecule has 18 heavy (non-hydrogen) atoms. The molecule has 0 radical (unpaired) electrons. The topological polar surface area (TPSA) is 47.8 Å². The van der Waals surface area contributed by atoms with Crippen LogP contribution in [0.25, 0.3) is 4.83 Å². The van der Waals surface area contributed by atoms with Crippen LogP contribution in [0.2, 0.25) is 0 Å². The Hall–Kier alpha value is -1.62. The van der Waals surface area contributed by atoms with Crippen LogP contribution in [0.3, 0.4) is 0 Å². The first-order valence-electron chi connectivity index (χ1n) is 5.89. The molecule has 0 saturated heterocycles. The minimum Gasteiger partial charge on any atom is -0.462 e. The van der Waals surface area contributed by atoms with E-state index in [2.05, 4.69) is 6.92 Å². The third-order valence-electron chi connectivity index (χ3n) is 2.87. The van der Waals surface area contributed by atoms with Gasteiger partial charge in [-0.15, -0.1) is 11.3 Å². The van der Waals surface area contributed by atoms with Gasteiger partial charge in [0, 0.05) is 16.6 Å². The van der Waals surface area contributed by atoms with Gasteiger partial charge in [-0.3, -0.25) is 4.79 Å². The second kappa shape index (κ2) is 4.94. The molecule has 0 saturated carbocycles. The lowest BCUT2D eigenvalue weighted by molar-refractivity contribution is 0.0523. The number of hydrogen-bond acceptors (Lipinski definition) is 4. The number of esters is 1. The van der Waals surface area contributed by atoms with E-state index in [1.54, 1.807) is 22.7 Å². The van der Waals surface area contributed by atoms with E-state index in [-0.39, 0.29) is 0 Å². The summed E-state index contributed by atoms with van der Waals surface area (Å²) in [6.45, 7) is 5.97. The van der Waals surface area contributed by atoms with E-state index in [0.717, 1.165) is 23.1 Å². The van der Waals surface area contributed by atoms with Crippen LogP contribution in [0.15, 0.2) is 6.20 Å². The summed E-state index contributed by atoms with van der Waals surface area (Å²) in [6.07, 6.45) is 3.55. The van der Waals surface area contributed by atoms with Crippen LogP contribution in [0.5, 0.6) is 0 Å². The molecule has 0 amide bonds. The fourth-order valence-corrected chi connectivity index (χ4v) is 3.05. The number of aldehydes is 1. The molecular formula is C13H15NO3S. The van der Waals surface area contributed by atoms with Crippen LogP contribution in [-0.2, 0) is 11.2 Å². The number of carbonyl (C=O) groups excluding carboxylic acids is 2. The molecule has 0 unspecified atom stereocenters. The first-order chi connectivity index (χ1) is 8.63. The van der Waals surface area contributed by atoms with Gasteiger partial charge in [-0.25, -0.2) is 4.79 Å². The molecule has 0 aliphatic rings. The minimum atomic E-state index is -0.425. The minimum absolute atomic E-state index is 0.306. The van der Waals surface area contributed by atoms with Crippen molar-refractivity contribution >= 4 is 28.4 Å². The second-order valence-electron chi connectivity index (χ2n) is 3.95. The Morgan fingerprint density at radius 1 is 1.50 bits per heavy atom. The number of aryl methyl sites for hydroxylation is 2. The molecule has 0 aliphatic heterocycles. The predicted octanol–water partition coefficient (Wildman–Crippen LogP) is 2.86.